The number of likely N-dealkylation sites (tertiary alicyclic amines) is 2. The molecule has 5 heterocycles. The number of fused-ring (bicyclic) bond motifs is 2. The number of aliphatic imine (C=N–C) groups is 2. The van der Waals surface area contributed by atoms with Gasteiger partial charge in [-0.3, -0.25) is 4.99 Å². The quantitative estimate of drug-likeness (QED) is 0.359. The highest BCUT2D eigenvalue weighted by molar-refractivity contribution is 5.86. The molecule has 1 aromatic heterocycles. The van der Waals surface area contributed by atoms with Crippen LogP contribution in [0.3, 0.4) is 0 Å². The minimum Gasteiger partial charge on any atom is -0.300 e. The van der Waals surface area contributed by atoms with Crippen molar-refractivity contribution in [2.75, 3.05) is 31.2 Å². The van der Waals surface area contributed by atoms with Crippen molar-refractivity contribution in [3.05, 3.63) is 85.0 Å². The van der Waals surface area contributed by atoms with Crippen LogP contribution in [0.2, 0.25) is 0 Å². The Morgan fingerprint density at radius 3 is 2.41 bits per heavy atom. The van der Waals surface area contributed by atoms with Crippen LogP contribution in [0.1, 0.15) is 38.5 Å². The first-order chi connectivity index (χ1) is 20.3. The minimum absolute atomic E-state index is 0.398. The summed E-state index contributed by atoms with van der Waals surface area (Å²) in [7, 11) is 0. The molecule has 7 nitrogen and oxygen atoms in total. The van der Waals surface area contributed by atoms with Crippen LogP contribution in [0, 0.1) is 0 Å². The lowest BCUT2D eigenvalue weighted by Gasteiger charge is -2.52. The highest BCUT2D eigenvalue weighted by Crippen LogP contribution is 2.42. The number of quaternary nitrogens is 1. The molecule has 4 aliphatic heterocycles. The molecule has 3 aromatic rings. The lowest BCUT2D eigenvalue weighted by atomic mass is 9.83. The first-order valence-corrected chi connectivity index (χ1v) is 15.4. The summed E-state index contributed by atoms with van der Waals surface area (Å²) in [6, 6.07) is 23.4. The minimum atomic E-state index is 0.398. The van der Waals surface area contributed by atoms with Crippen molar-refractivity contribution in [1.29, 1.82) is 0 Å². The molecule has 1 atom stereocenters. The normalized spacial score (nSPS) is 28.1. The van der Waals surface area contributed by atoms with E-state index < -0.39 is 0 Å². The van der Waals surface area contributed by atoms with Gasteiger partial charge in [0.25, 0.3) is 0 Å². The van der Waals surface area contributed by atoms with Gasteiger partial charge < -0.3 is 9.80 Å². The third kappa shape index (κ3) is 4.43. The van der Waals surface area contributed by atoms with Crippen LogP contribution in [0.4, 0.5) is 5.69 Å². The Kier molecular flexibility index (Phi) is 6.31. The lowest BCUT2D eigenvalue weighted by Crippen LogP contribution is -2.65. The maximum atomic E-state index is 5.11. The Bertz CT molecular complexity index is 1540. The Hall–Kier alpha value is -3.65. The summed E-state index contributed by atoms with van der Waals surface area (Å²) in [4.78, 5) is 19.7. The number of nitrogens with zero attached hydrogens (tertiary/aromatic N) is 7. The molecule has 0 amide bonds. The van der Waals surface area contributed by atoms with Crippen LogP contribution < -0.4 is 5.01 Å². The van der Waals surface area contributed by atoms with Gasteiger partial charge in [-0.15, -0.1) is 4.59 Å². The summed E-state index contributed by atoms with van der Waals surface area (Å²) in [6.07, 6.45) is 17.8. The Morgan fingerprint density at radius 1 is 0.805 bits per heavy atom. The number of piperidine rings is 1. The summed E-state index contributed by atoms with van der Waals surface area (Å²) < 4.78 is 0.460. The van der Waals surface area contributed by atoms with Crippen LogP contribution in [-0.4, -0.2) is 76.2 Å². The molecule has 8 rings (SSSR count). The summed E-state index contributed by atoms with van der Waals surface area (Å²) in [5, 5.41) is 3.70. The topological polar surface area (TPSA) is 47.3 Å². The molecule has 2 aromatic carbocycles. The van der Waals surface area contributed by atoms with Crippen molar-refractivity contribution in [2.45, 2.75) is 56.7 Å². The average molecular weight is 545 g/mol. The molecule has 1 unspecified atom stereocenters. The number of hydrogen-bond acceptors (Lipinski definition) is 6. The molecule has 41 heavy (non-hydrogen) atoms. The second kappa shape index (κ2) is 10.3. The summed E-state index contributed by atoms with van der Waals surface area (Å²) in [6.45, 7) is 5.10. The maximum Gasteiger partial charge on any atom is 0.225 e. The van der Waals surface area contributed by atoms with E-state index in [1.807, 2.05) is 25.0 Å². The molecule has 0 radical (unpaired) electrons. The van der Waals surface area contributed by atoms with Gasteiger partial charge >= 0.3 is 0 Å². The number of pyridine rings is 1. The van der Waals surface area contributed by atoms with E-state index >= 15 is 0 Å². The van der Waals surface area contributed by atoms with E-state index in [2.05, 4.69) is 91.7 Å². The van der Waals surface area contributed by atoms with Gasteiger partial charge in [0.1, 0.15) is 0 Å². The van der Waals surface area contributed by atoms with E-state index in [-0.39, 0.29) is 0 Å². The number of anilines is 1. The zero-order valence-corrected chi connectivity index (χ0v) is 23.6. The molecule has 5 aliphatic rings. The van der Waals surface area contributed by atoms with Gasteiger partial charge in [0.05, 0.1) is 41.6 Å². The number of rotatable bonds is 6. The molecule has 3 fully saturated rings. The number of hydrogen-bond donors (Lipinski definition) is 0. The number of aromatic nitrogens is 1. The fourth-order valence-electron chi connectivity index (χ4n) is 7.60. The van der Waals surface area contributed by atoms with Gasteiger partial charge in [0.15, 0.2) is 6.20 Å². The van der Waals surface area contributed by atoms with Crippen molar-refractivity contribution in [1.82, 2.24) is 14.8 Å². The second-order valence-electron chi connectivity index (χ2n) is 12.2. The molecule has 0 N–H and O–H groups in total. The Balaban J connectivity index is 1.08. The van der Waals surface area contributed by atoms with E-state index in [0.717, 1.165) is 46.7 Å². The molecule has 1 saturated carbocycles. The van der Waals surface area contributed by atoms with Gasteiger partial charge in [-0.05, 0) is 82.9 Å². The lowest BCUT2D eigenvalue weighted by molar-refractivity contribution is -0.746. The monoisotopic (exact) mass is 544 g/mol. The molecule has 208 valence electrons. The van der Waals surface area contributed by atoms with Crippen LogP contribution in [0.5, 0.6) is 0 Å². The summed E-state index contributed by atoms with van der Waals surface area (Å²) >= 11 is 0. The molecule has 0 spiro atoms. The molecule has 1 aliphatic carbocycles. The predicted molar refractivity (Wildman–Crippen MR) is 166 cm³/mol. The van der Waals surface area contributed by atoms with Crippen LogP contribution in [0.25, 0.3) is 22.2 Å². The van der Waals surface area contributed by atoms with E-state index in [4.69, 9.17) is 4.98 Å². The highest BCUT2D eigenvalue weighted by Gasteiger charge is 2.50. The Morgan fingerprint density at radius 2 is 1.59 bits per heavy atom. The first kappa shape index (κ1) is 25.1. The first-order valence-electron chi connectivity index (χ1n) is 15.4. The SMILES string of the molecule is C1=C[N+]2(N(c3ccc4ccc(-c5ccccc5)nc4c3)C3CC(N4CCC(N5CCCC5)CC4)C3)C=NC=C2C=N1. The largest absolute Gasteiger partial charge is 0.300 e. The fraction of sp³-hybridized carbons (Fsp3) is 0.382. The third-order valence-electron chi connectivity index (χ3n) is 9.92. The van der Waals surface area contributed by atoms with E-state index in [1.54, 1.807) is 0 Å². The van der Waals surface area contributed by atoms with Gasteiger partial charge in [-0.1, -0.05) is 42.5 Å². The van der Waals surface area contributed by atoms with Crippen molar-refractivity contribution in [2.24, 2.45) is 9.98 Å². The standard InChI is InChI=1S/C34H38N7/c1-2-6-26(7-3-1)33-11-9-27-8-10-29(22-34(27)37-33)40(41-19-14-35-23-32(41)24-36-25-41)31-20-30(21-31)39-17-12-28(13-18-39)38-15-4-5-16-38/h1-3,6-11,14,19,22-25,28,30-31H,4-5,12-13,15-18,20-21H2/q+1. The molecular weight excluding hydrogens is 506 g/mol. The zero-order chi connectivity index (χ0) is 27.2. The number of benzene rings is 2. The van der Waals surface area contributed by atoms with E-state index in [9.17, 15) is 0 Å². The summed E-state index contributed by atoms with van der Waals surface area (Å²) in [5.74, 6) is 0. The van der Waals surface area contributed by atoms with Crippen LogP contribution in [0.15, 0.2) is 94.9 Å². The van der Waals surface area contributed by atoms with Crippen LogP contribution in [-0.2, 0) is 0 Å². The molecular formula is C34H38N7+. The van der Waals surface area contributed by atoms with Gasteiger partial charge in [0, 0.05) is 23.0 Å². The molecule has 7 heteroatoms. The maximum absolute atomic E-state index is 5.11. The van der Waals surface area contributed by atoms with Gasteiger partial charge in [0.2, 0.25) is 12.0 Å². The fourth-order valence-corrected chi connectivity index (χ4v) is 7.60. The Labute approximate surface area is 242 Å². The zero-order valence-electron chi connectivity index (χ0n) is 23.6. The number of allylic oxidation sites excluding steroid dienone is 1. The van der Waals surface area contributed by atoms with Crippen molar-refractivity contribution in [3.63, 3.8) is 0 Å². The van der Waals surface area contributed by atoms with E-state index in [1.165, 1.54) is 57.5 Å². The van der Waals surface area contributed by atoms with Crippen molar-refractivity contribution in [3.8, 4) is 11.3 Å². The smallest absolute Gasteiger partial charge is 0.225 e. The van der Waals surface area contributed by atoms with Crippen molar-refractivity contribution < 1.29 is 4.59 Å². The third-order valence-corrected chi connectivity index (χ3v) is 9.92. The highest BCUT2D eigenvalue weighted by atomic mass is 15.8. The van der Waals surface area contributed by atoms with E-state index in [0.29, 0.717) is 16.7 Å². The van der Waals surface area contributed by atoms with Gasteiger partial charge in [-0.2, -0.15) is 0 Å². The average Bonchev–Trinajstić information content (AvgIpc) is 3.70. The van der Waals surface area contributed by atoms with Crippen molar-refractivity contribution >= 4 is 29.1 Å². The summed E-state index contributed by atoms with van der Waals surface area (Å²) in [5.41, 5.74) is 5.41. The van der Waals surface area contributed by atoms with Crippen LogP contribution >= 0.6 is 0 Å². The predicted octanol–water partition coefficient (Wildman–Crippen LogP) is 5.97. The molecule has 2 saturated heterocycles. The second-order valence-corrected chi connectivity index (χ2v) is 12.2. The van der Waals surface area contributed by atoms with Gasteiger partial charge in [-0.25, -0.2) is 15.0 Å². The molecule has 0 bridgehead atoms.